The average Bonchev–Trinajstić information content (AvgIpc) is 2.78. The van der Waals surface area contributed by atoms with Crippen LogP contribution in [0.1, 0.15) is 16.1 Å². The van der Waals surface area contributed by atoms with Crippen molar-refractivity contribution >= 4 is 33.3 Å². The molecule has 0 radical (unpaired) electrons. The largest absolute Gasteiger partial charge is 0.378 e. The number of ether oxygens (including phenoxy) is 1. The molecule has 0 amide bonds. The number of halogens is 2. The van der Waals surface area contributed by atoms with Gasteiger partial charge in [0.2, 0.25) is 0 Å². The van der Waals surface area contributed by atoms with Crippen LogP contribution in [-0.2, 0) is 21.5 Å². The molecular weight excluding hydrogens is 473 g/mol. The van der Waals surface area contributed by atoms with E-state index in [1.54, 1.807) is 12.1 Å². The minimum absolute atomic E-state index is 0.113. The summed E-state index contributed by atoms with van der Waals surface area (Å²) in [5, 5.41) is -0.181. The quantitative estimate of drug-likeness (QED) is 0.547. The van der Waals surface area contributed by atoms with Crippen LogP contribution in [0.15, 0.2) is 36.5 Å². The first-order chi connectivity index (χ1) is 15.8. The number of carbonyl (C=O) groups is 1. The number of aromatic nitrogens is 1. The van der Waals surface area contributed by atoms with E-state index in [0.29, 0.717) is 56.7 Å². The number of benzene rings is 1. The second-order valence-corrected chi connectivity index (χ2v) is 10.2. The maximum Gasteiger partial charge on any atom is 0.304 e. The van der Waals surface area contributed by atoms with Gasteiger partial charge in [-0.3, -0.25) is 19.0 Å². The molecule has 0 bridgehead atoms. The summed E-state index contributed by atoms with van der Waals surface area (Å²) < 4.78 is 48.9. The lowest BCUT2D eigenvalue weighted by Gasteiger charge is -2.43. The van der Waals surface area contributed by atoms with Gasteiger partial charge in [-0.05, 0) is 30.3 Å². The van der Waals surface area contributed by atoms with E-state index in [9.17, 15) is 17.6 Å². The highest BCUT2D eigenvalue weighted by Gasteiger charge is 2.36. The number of carbonyl (C=O) groups excluding carboxylic acids is 1. The monoisotopic (exact) mass is 497 g/mol. The Morgan fingerprint density at radius 1 is 1.21 bits per heavy atom. The summed E-state index contributed by atoms with van der Waals surface area (Å²) in [5.74, 6) is -0.907. The van der Waals surface area contributed by atoms with E-state index in [1.165, 1.54) is 22.6 Å². The predicted octanol–water partition coefficient (Wildman–Crippen LogP) is 1.28. The van der Waals surface area contributed by atoms with Gasteiger partial charge in [0.1, 0.15) is 5.82 Å². The van der Waals surface area contributed by atoms with Gasteiger partial charge in [0, 0.05) is 37.9 Å². The predicted molar refractivity (Wildman–Crippen MR) is 122 cm³/mol. The van der Waals surface area contributed by atoms with Gasteiger partial charge in [0.05, 0.1) is 48.7 Å². The van der Waals surface area contributed by atoms with Crippen molar-refractivity contribution in [3.8, 4) is 0 Å². The molecule has 3 heterocycles. The summed E-state index contributed by atoms with van der Waals surface area (Å²) >= 11 is 5.95. The number of nitrogens with zero attached hydrogens (tertiary/aromatic N) is 4. The van der Waals surface area contributed by atoms with Crippen LogP contribution < -0.4 is 10.0 Å². The van der Waals surface area contributed by atoms with Gasteiger partial charge < -0.3 is 10.5 Å². The first-order valence-corrected chi connectivity index (χ1v) is 12.3. The summed E-state index contributed by atoms with van der Waals surface area (Å²) in [4.78, 5) is 18.2. The maximum atomic E-state index is 13.8. The lowest BCUT2D eigenvalue weighted by Crippen LogP contribution is -2.59. The maximum absolute atomic E-state index is 13.8. The van der Waals surface area contributed by atoms with Gasteiger partial charge in [0.15, 0.2) is 5.78 Å². The molecule has 2 N–H and O–H groups in total. The topological polar surface area (TPSA) is 109 Å². The first kappa shape index (κ1) is 24.0. The third-order valence-electron chi connectivity index (χ3n) is 5.84. The molecule has 9 nitrogen and oxygen atoms in total. The van der Waals surface area contributed by atoms with Crippen LogP contribution >= 0.6 is 11.6 Å². The van der Waals surface area contributed by atoms with Crippen LogP contribution in [0, 0.1) is 5.82 Å². The third kappa shape index (κ3) is 5.18. The number of piperazine rings is 1. The Kier molecular flexibility index (Phi) is 7.27. The lowest BCUT2D eigenvalue weighted by molar-refractivity contribution is -0.0721. The van der Waals surface area contributed by atoms with E-state index in [-0.39, 0.29) is 29.6 Å². The number of anilines is 1. The van der Waals surface area contributed by atoms with Crippen LogP contribution in [0.4, 0.5) is 10.1 Å². The summed E-state index contributed by atoms with van der Waals surface area (Å²) in [7, 11) is -3.97. The molecule has 33 heavy (non-hydrogen) atoms. The molecule has 2 fully saturated rings. The van der Waals surface area contributed by atoms with E-state index in [0.717, 1.165) is 10.4 Å². The Hall–Kier alpha value is -2.15. The highest BCUT2D eigenvalue weighted by atomic mass is 35.5. The lowest BCUT2D eigenvalue weighted by atomic mass is 10.2. The molecule has 0 atom stereocenters. The molecule has 2 aliphatic rings. The van der Waals surface area contributed by atoms with Crippen LogP contribution in [0.2, 0.25) is 5.02 Å². The second kappa shape index (κ2) is 10.00. The molecule has 1 aromatic heterocycles. The van der Waals surface area contributed by atoms with E-state index >= 15 is 0 Å². The van der Waals surface area contributed by atoms with Crippen molar-refractivity contribution in [2.24, 2.45) is 5.73 Å². The Morgan fingerprint density at radius 2 is 1.94 bits per heavy atom. The number of hydrogen-bond donors (Lipinski definition) is 1. The number of hydrogen-bond acceptors (Lipinski definition) is 7. The fourth-order valence-corrected chi connectivity index (χ4v) is 5.52. The fourth-order valence-electron chi connectivity index (χ4n) is 3.77. The van der Waals surface area contributed by atoms with Crippen molar-refractivity contribution < 1.29 is 22.3 Å². The van der Waals surface area contributed by atoms with E-state index < -0.39 is 16.0 Å². The zero-order chi connectivity index (χ0) is 23.6. The Bertz CT molecular complexity index is 1110. The number of rotatable bonds is 8. The normalized spacial score (nSPS) is 18.2. The minimum atomic E-state index is -3.97. The molecule has 0 aliphatic carbocycles. The smallest absolute Gasteiger partial charge is 0.304 e. The molecule has 2 saturated heterocycles. The molecule has 12 heteroatoms. The van der Waals surface area contributed by atoms with Gasteiger partial charge in [-0.1, -0.05) is 11.6 Å². The minimum Gasteiger partial charge on any atom is -0.378 e. The van der Waals surface area contributed by atoms with Crippen LogP contribution in [0.5, 0.6) is 0 Å². The van der Waals surface area contributed by atoms with Crippen molar-refractivity contribution in [3.05, 3.63) is 58.6 Å². The SMILES string of the molecule is NCC(=O)c1ccc(CN(c2ccc(F)c(Cl)c2)S(=O)(=O)N2CCN(C3COC3)CC2)nc1. The molecule has 0 saturated carbocycles. The van der Waals surface area contributed by atoms with Gasteiger partial charge >= 0.3 is 10.2 Å². The molecule has 178 valence electrons. The first-order valence-electron chi connectivity index (χ1n) is 10.5. The molecular formula is C21H25ClFN5O4S. The highest BCUT2D eigenvalue weighted by Crippen LogP contribution is 2.28. The van der Waals surface area contributed by atoms with Crippen LogP contribution in [-0.4, -0.2) is 80.4 Å². The Labute approximate surface area is 197 Å². The van der Waals surface area contributed by atoms with Crippen LogP contribution in [0.25, 0.3) is 0 Å². The van der Waals surface area contributed by atoms with Crippen molar-refractivity contribution in [2.75, 3.05) is 50.2 Å². The number of pyridine rings is 1. The third-order valence-corrected chi connectivity index (χ3v) is 8.05. The fraction of sp³-hybridized carbons (Fsp3) is 0.429. The molecule has 2 aromatic rings. The van der Waals surface area contributed by atoms with Crippen molar-refractivity contribution in [1.29, 1.82) is 0 Å². The van der Waals surface area contributed by atoms with Crippen molar-refractivity contribution in [1.82, 2.24) is 14.2 Å². The van der Waals surface area contributed by atoms with Crippen LogP contribution in [0.3, 0.4) is 0 Å². The molecule has 1 aromatic carbocycles. The molecule has 4 rings (SSSR count). The zero-order valence-electron chi connectivity index (χ0n) is 17.9. The van der Waals surface area contributed by atoms with E-state index in [2.05, 4.69) is 9.88 Å². The highest BCUT2D eigenvalue weighted by molar-refractivity contribution is 7.90. The Balaban J connectivity index is 1.59. The van der Waals surface area contributed by atoms with Gasteiger partial charge in [-0.2, -0.15) is 12.7 Å². The summed E-state index contributed by atoms with van der Waals surface area (Å²) in [6.07, 6.45) is 1.37. The summed E-state index contributed by atoms with van der Waals surface area (Å²) in [5.41, 5.74) is 6.36. The van der Waals surface area contributed by atoms with Crippen molar-refractivity contribution in [3.63, 3.8) is 0 Å². The summed E-state index contributed by atoms with van der Waals surface area (Å²) in [6.45, 7) is 2.91. The molecule has 0 unspecified atom stereocenters. The number of nitrogens with two attached hydrogens (primary N) is 1. The van der Waals surface area contributed by atoms with Gasteiger partial charge in [0.25, 0.3) is 0 Å². The van der Waals surface area contributed by atoms with Gasteiger partial charge in [-0.25, -0.2) is 4.39 Å². The van der Waals surface area contributed by atoms with E-state index in [4.69, 9.17) is 22.1 Å². The number of ketones is 1. The molecule has 0 spiro atoms. The van der Waals surface area contributed by atoms with Crippen molar-refractivity contribution in [2.45, 2.75) is 12.6 Å². The van der Waals surface area contributed by atoms with E-state index in [1.807, 2.05) is 0 Å². The standard InChI is InChI=1S/C21H25ClFN5O4S/c22-19-9-17(3-4-20(19)23)28(12-16-2-1-15(11-25-16)21(29)10-24)33(30,31)27-7-5-26(6-8-27)18-13-32-14-18/h1-4,9,11,18H,5-8,10,12-14,24H2. The Morgan fingerprint density at radius 3 is 2.48 bits per heavy atom. The van der Waals surface area contributed by atoms with Gasteiger partial charge in [-0.15, -0.1) is 0 Å². The second-order valence-electron chi connectivity index (χ2n) is 7.90. The molecule has 2 aliphatic heterocycles. The zero-order valence-corrected chi connectivity index (χ0v) is 19.4. The average molecular weight is 498 g/mol. The summed E-state index contributed by atoms with van der Waals surface area (Å²) in [6, 6.07) is 7.24. The number of Topliss-reactive ketones (excluding diaryl/α,β-unsaturated/α-hetero) is 1.